The van der Waals surface area contributed by atoms with Crippen LogP contribution in [0.4, 0.5) is 0 Å². The summed E-state index contributed by atoms with van der Waals surface area (Å²) in [5, 5.41) is 4.03. The second-order valence-electron chi connectivity index (χ2n) is 3.13. The molecule has 0 N–H and O–H groups in total. The summed E-state index contributed by atoms with van der Waals surface area (Å²) in [6.07, 6.45) is 6.65. The van der Waals surface area contributed by atoms with Crippen molar-refractivity contribution in [1.82, 2.24) is 19.3 Å². The zero-order chi connectivity index (χ0) is 10.1. The predicted octanol–water partition coefficient (Wildman–Crippen LogP) is 0.274. The lowest BCUT2D eigenvalue weighted by molar-refractivity contribution is 0.766. The molecule has 0 aliphatic heterocycles. The average molecular weight is 190 g/mol. The lowest BCUT2D eigenvalue weighted by Gasteiger charge is -2.00. The van der Waals surface area contributed by atoms with Crippen molar-refractivity contribution in [2.75, 3.05) is 0 Å². The molecule has 0 aromatic carbocycles. The lowest BCUT2D eigenvalue weighted by atomic mass is 10.4. The normalized spacial score (nSPS) is 10.4. The molecule has 0 spiro atoms. The fourth-order valence-electron chi connectivity index (χ4n) is 1.17. The molecule has 0 radical (unpaired) electrons. The van der Waals surface area contributed by atoms with E-state index in [4.69, 9.17) is 0 Å². The van der Waals surface area contributed by atoms with Gasteiger partial charge in [-0.05, 0) is 12.5 Å². The standard InChI is InChI=1S/C9H10N4O/c1-7-5-11-13(6-7)8-9(14)12(2)4-3-10-8/h3-6H,1-2H3. The van der Waals surface area contributed by atoms with Crippen molar-refractivity contribution in [3.63, 3.8) is 0 Å². The highest BCUT2D eigenvalue weighted by Gasteiger charge is 2.05. The van der Waals surface area contributed by atoms with Gasteiger partial charge in [-0.3, -0.25) is 4.79 Å². The van der Waals surface area contributed by atoms with E-state index in [1.165, 1.54) is 9.25 Å². The second kappa shape index (κ2) is 3.10. The minimum Gasteiger partial charge on any atom is -0.314 e. The summed E-state index contributed by atoms with van der Waals surface area (Å²) < 4.78 is 2.96. The van der Waals surface area contributed by atoms with Crippen LogP contribution in [0.3, 0.4) is 0 Å². The monoisotopic (exact) mass is 190 g/mol. The maximum atomic E-state index is 11.6. The van der Waals surface area contributed by atoms with Crippen LogP contribution < -0.4 is 5.56 Å². The van der Waals surface area contributed by atoms with Crippen LogP contribution >= 0.6 is 0 Å². The first-order valence-electron chi connectivity index (χ1n) is 4.22. The third-order valence-corrected chi connectivity index (χ3v) is 1.93. The van der Waals surface area contributed by atoms with Crippen LogP contribution in [0.1, 0.15) is 5.56 Å². The predicted molar refractivity (Wildman–Crippen MR) is 51.3 cm³/mol. The molecule has 0 amide bonds. The number of nitrogens with zero attached hydrogens (tertiary/aromatic N) is 4. The molecule has 14 heavy (non-hydrogen) atoms. The molecular formula is C9H10N4O. The van der Waals surface area contributed by atoms with Gasteiger partial charge in [0.25, 0.3) is 5.56 Å². The van der Waals surface area contributed by atoms with Gasteiger partial charge in [0.1, 0.15) is 0 Å². The van der Waals surface area contributed by atoms with Crippen molar-refractivity contribution in [2.24, 2.45) is 7.05 Å². The van der Waals surface area contributed by atoms with Gasteiger partial charge in [-0.2, -0.15) is 5.10 Å². The maximum absolute atomic E-state index is 11.6. The summed E-state index contributed by atoms with van der Waals surface area (Å²) in [5.41, 5.74) is 0.841. The van der Waals surface area contributed by atoms with Crippen LogP contribution in [0.25, 0.3) is 5.82 Å². The van der Waals surface area contributed by atoms with E-state index in [1.807, 2.05) is 6.92 Å². The highest BCUT2D eigenvalue weighted by Crippen LogP contribution is 1.98. The Bertz CT molecular complexity index is 512. The summed E-state index contributed by atoms with van der Waals surface area (Å²) in [4.78, 5) is 15.6. The molecule has 5 heteroatoms. The van der Waals surface area contributed by atoms with Gasteiger partial charge in [0.2, 0.25) is 5.82 Å². The Balaban J connectivity index is 2.63. The first-order valence-corrected chi connectivity index (χ1v) is 4.22. The Kier molecular flexibility index (Phi) is 1.92. The van der Waals surface area contributed by atoms with Crippen molar-refractivity contribution < 1.29 is 0 Å². The highest BCUT2D eigenvalue weighted by atomic mass is 16.1. The average Bonchev–Trinajstić information content (AvgIpc) is 2.57. The van der Waals surface area contributed by atoms with E-state index in [0.717, 1.165) is 5.56 Å². The fraction of sp³-hybridized carbons (Fsp3) is 0.222. The molecule has 0 atom stereocenters. The third-order valence-electron chi connectivity index (χ3n) is 1.93. The molecule has 2 heterocycles. The zero-order valence-electron chi connectivity index (χ0n) is 8.01. The van der Waals surface area contributed by atoms with E-state index in [1.54, 1.807) is 31.8 Å². The van der Waals surface area contributed by atoms with Gasteiger partial charge < -0.3 is 4.57 Å². The summed E-state index contributed by atoms with van der Waals surface area (Å²) in [5.74, 6) is 0.322. The van der Waals surface area contributed by atoms with Gasteiger partial charge in [0.05, 0.1) is 6.20 Å². The van der Waals surface area contributed by atoms with E-state index in [9.17, 15) is 4.79 Å². The Hall–Kier alpha value is -1.91. The largest absolute Gasteiger partial charge is 0.314 e. The van der Waals surface area contributed by atoms with Gasteiger partial charge in [-0.15, -0.1) is 0 Å². The van der Waals surface area contributed by atoms with Crippen molar-refractivity contribution >= 4 is 0 Å². The van der Waals surface area contributed by atoms with E-state index >= 15 is 0 Å². The minimum absolute atomic E-state index is 0.157. The number of aromatic nitrogens is 4. The molecule has 72 valence electrons. The molecule has 0 saturated heterocycles. The van der Waals surface area contributed by atoms with Crippen LogP contribution in [0.15, 0.2) is 29.6 Å². The molecular weight excluding hydrogens is 180 g/mol. The molecule has 2 aromatic heterocycles. The van der Waals surface area contributed by atoms with Crippen LogP contribution in [0.5, 0.6) is 0 Å². The third kappa shape index (κ3) is 1.32. The molecule has 2 rings (SSSR count). The molecule has 0 aliphatic rings. The summed E-state index contributed by atoms with van der Waals surface area (Å²) in [6.45, 7) is 1.91. The first kappa shape index (κ1) is 8.68. The van der Waals surface area contributed by atoms with E-state index < -0.39 is 0 Å². The van der Waals surface area contributed by atoms with Gasteiger partial charge >= 0.3 is 0 Å². The van der Waals surface area contributed by atoms with Gasteiger partial charge in [-0.25, -0.2) is 9.67 Å². The van der Waals surface area contributed by atoms with Crippen molar-refractivity contribution in [3.8, 4) is 5.82 Å². The van der Waals surface area contributed by atoms with Gasteiger partial charge in [-0.1, -0.05) is 0 Å². The topological polar surface area (TPSA) is 52.7 Å². The highest BCUT2D eigenvalue weighted by molar-refractivity contribution is 5.18. The van der Waals surface area contributed by atoms with Crippen LogP contribution in [0, 0.1) is 6.92 Å². The van der Waals surface area contributed by atoms with Crippen molar-refractivity contribution in [2.45, 2.75) is 6.92 Å². The molecule has 0 unspecified atom stereocenters. The quantitative estimate of drug-likeness (QED) is 0.648. The number of hydrogen-bond acceptors (Lipinski definition) is 3. The van der Waals surface area contributed by atoms with Crippen molar-refractivity contribution in [1.29, 1.82) is 0 Å². The summed E-state index contributed by atoms with van der Waals surface area (Å²) >= 11 is 0. The SMILES string of the molecule is Cc1cnn(-c2nccn(C)c2=O)c1. The van der Waals surface area contributed by atoms with E-state index in [0.29, 0.717) is 5.82 Å². The second-order valence-corrected chi connectivity index (χ2v) is 3.13. The number of rotatable bonds is 1. The molecule has 0 fully saturated rings. The Labute approximate surface area is 80.6 Å². The smallest absolute Gasteiger partial charge is 0.295 e. The maximum Gasteiger partial charge on any atom is 0.295 e. The fourth-order valence-corrected chi connectivity index (χ4v) is 1.17. The van der Waals surface area contributed by atoms with Gasteiger partial charge in [0.15, 0.2) is 0 Å². The Morgan fingerprint density at radius 2 is 2.21 bits per heavy atom. The summed E-state index contributed by atoms with van der Waals surface area (Å²) in [6, 6.07) is 0. The van der Waals surface area contributed by atoms with Crippen LogP contribution in [-0.4, -0.2) is 19.3 Å². The minimum atomic E-state index is -0.157. The molecule has 5 nitrogen and oxygen atoms in total. The van der Waals surface area contributed by atoms with Crippen molar-refractivity contribution in [3.05, 3.63) is 40.7 Å². The first-order chi connectivity index (χ1) is 6.68. The molecule has 0 saturated carbocycles. The number of hydrogen-bond donors (Lipinski definition) is 0. The molecule has 0 aliphatic carbocycles. The molecule has 2 aromatic rings. The van der Waals surface area contributed by atoms with Gasteiger partial charge in [0, 0.05) is 25.6 Å². The van der Waals surface area contributed by atoms with Crippen LogP contribution in [0.2, 0.25) is 0 Å². The zero-order valence-corrected chi connectivity index (χ0v) is 8.01. The lowest BCUT2D eigenvalue weighted by Crippen LogP contribution is -2.23. The Morgan fingerprint density at radius 3 is 2.86 bits per heavy atom. The van der Waals surface area contributed by atoms with Crippen LogP contribution in [-0.2, 0) is 7.05 Å². The molecule has 0 bridgehead atoms. The number of aryl methyl sites for hydroxylation is 2. The summed E-state index contributed by atoms with van der Waals surface area (Å²) in [7, 11) is 1.68. The Morgan fingerprint density at radius 1 is 1.43 bits per heavy atom. The van der Waals surface area contributed by atoms with E-state index in [-0.39, 0.29) is 5.56 Å². The van der Waals surface area contributed by atoms with E-state index in [2.05, 4.69) is 10.1 Å².